The smallest absolute Gasteiger partial charge is 0.407 e. The third-order valence-corrected chi connectivity index (χ3v) is 5.36. The Morgan fingerprint density at radius 2 is 1.61 bits per heavy atom. The SMILES string of the molecule is CC(=O)c1cccc(C#CCCNC(=O)OCC2c3ccccc3-c3ccccc32)c1. The third kappa shape index (κ3) is 4.67. The summed E-state index contributed by atoms with van der Waals surface area (Å²) in [4.78, 5) is 23.6. The Hall–Kier alpha value is -3.84. The van der Waals surface area contributed by atoms with Crippen molar-refractivity contribution < 1.29 is 14.3 Å². The molecule has 0 aromatic heterocycles. The molecule has 0 heterocycles. The number of nitrogens with one attached hydrogen (secondary N) is 1. The lowest BCUT2D eigenvalue weighted by Crippen LogP contribution is -2.26. The molecular formula is C27H23NO3. The molecule has 4 heteroatoms. The first-order valence-corrected chi connectivity index (χ1v) is 10.3. The van der Waals surface area contributed by atoms with E-state index in [0.29, 0.717) is 25.1 Å². The molecule has 0 unspecified atom stereocenters. The van der Waals surface area contributed by atoms with E-state index in [9.17, 15) is 9.59 Å². The Kier molecular flexibility index (Phi) is 6.14. The molecule has 0 spiro atoms. The van der Waals surface area contributed by atoms with Crippen LogP contribution in [0.1, 0.15) is 46.3 Å². The first-order chi connectivity index (χ1) is 15.1. The fourth-order valence-corrected chi connectivity index (χ4v) is 3.86. The van der Waals surface area contributed by atoms with Crippen LogP contribution in [0.5, 0.6) is 0 Å². The molecular weight excluding hydrogens is 386 g/mol. The maximum atomic E-state index is 12.2. The average Bonchev–Trinajstić information content (AvgIpc) is 3.11. The number of rotatable bonds is 5. The molecule has 0 atom stereocenters. The quantitative estimate of drug-likeness (QED) is 0.359. The standard InChI is InChI=1S/C27H23NO3/c1-19(29)21-11-8-10-20(17-21)9-6-7-16-28-27(30)31-18-26-24-14-4-2-12-22(24)23-13-3-5-15-25(23)26/h2-5,8,10-15,17,26H,7,16,18H2,1H3,(H,28,30). The molecule has 0 saturated carbocycles. The summed E-state index contributed by atoms with van der Waals surface area (Å²) in [6, 6.07) is 23.7. The van der Waals surface area contributed by atoms with Crippen molar-refractivity contribution in [3.05, 3.63) is 95.1 Å². The molecule has 0 bridgehead atoms. The van der Waals surface area contributed by atoms with Crippen LogP contribution in [0.15, 0.2) is 72.8 Å². The number of carbonyl (C=O) groups is 2. The van der Waals surface area contributed by atoms with Crippen LogP contribution < -0.4 is 5.32 Å². The predicted molar refractivity (Wildman–Crippen MR) is 121 cm³/mol. The number of alkyl carbamates (subject to hydrolysis) is 1. The highest BCUT2D eigenvalue weighted by Gasteiger charge is 2.28. The van der Waals surface area contributed by atoms with Gasteiger partial charge in [-0.05, 0) is 41.3 Å². The van der Waals surface area contributed by atoms with Gasteiger partial charge in [0.25, 0.3) is 0 Å². The predicted octanol–water partition coefficient (Wildman–Crippen LogP) is 5.17. The van der Waals surface area contributed by atoms with E-state index in [1.807, 2.05) is 36.4 Å². The zero-order valence-electron chi connectivity index (χ0n) is 17.4. The summed E-state index contributed by atoms with van der Waals surface area (Å²) in [7, 11) is 0. The summed E-state index contributed by atoms with van der Waals surface area (Å²) in [5.41, 5.74) is 6.22. The summed E-state index contributed by atoms with van der Waals surface area (Å²) < 4.78 is 5.51. The van der Waals surface area contributed by atoms with E-state index < -0.39 is 6.09 Å². The van der Waals surface area contributed by atoms with Crippen molar-refractivity contribution in [1.82, 2.24) is 5.32 Å². The van der Waals surface area contributed by atoms with Crippen LogP contribution in [0.2, 0.25) is 0 Å². The number of amides is 1. The lowest BCUT2D eigenvalue weighted by atomic mass is 9.98. The minimum Gasteiger partial charge on any atom is -0.449 e. The molecule has 4 rings (SSSR count). The molecule has 0 fully saturated rings. The second-order valence-corrected chi connectivity index (χ2v) is 7.44. The summed E-state index contributed by atoms with van der Waals surface area (Å²) in [6.07, 6.45) is 0.0522. The van der Waals surface area contributed by atoms with Crippen LogP contribution in [0.25, 0.3) is 11.1 Å². The fourth-order valence-electron chi connectivity index (χ4n) is 3.86. The molecule has 1 N–H and O–H groups in total. The molecule has 0 saturated heterocycles. The minimum atomic E-state index is -0.442. The van der Waals surface area contributed by atoms with Crippen molar-refractivity contribution in [2.75, 3.05) is 13.2 Å². The van der Waals surface area contributed by atoms with Gasteiger partial charge >= 0.3 is 6.09 Å². The number of hydrogen-bond acceptors (Lipinski definition) is 3. The second-order valence-electron chi connectivity index (χ2n) is 7.44. The third-order valence-electron chi connectivity index (χ3n) is 5.36. The monoisotopic (exact) mass is 409 g/mol. The normalized spacial score (nSPS) is 11.6. The van der Waals surface area contributed by atoms with Gasteiger partial charge in [0, 0.05) is 30.0 Å². The van der Waals surface area contributed by atoms with Gasteiger partial charge in [0.15, 0.2) is 5.78 Å². The van der Waals surface area contributed by atoms with Crippen molar-refractivity contribution in [2.24, 2.45) is 0 Å². The molecule has 3 aromatic rings. The van der Waals surface area contributed by atoms with Crippen molar-refractivity contribution in [2.45, 2.75) is 19.3 Å². The number of carbonyl (C=O) groups excluding carboxylic acids is 2. The van der Waals surface area contributed by atoms with Crippen molar-refractivity contribution in [1.29, 1.82) is 0 Å². The van der Waals surface area contributed by atoms with E-state index in [0.717, 1.165) is 5.56 Å². The van der Waals surface area contributed by atoms with Crippen molar-refractivity contribution in [3.8, 4) is 23.0 Å². The Balaban J connectivity index is 1.28. The molecule has 1 aliphatic carbocycles. The Morgan fingerprint density at radius 1 is 0.935 bits per heavy atom. The van der Waals surface area contributed by atoms with E-state index in [-0.39, 0.29) is 11.7 Å². The van der Waals surface area contributed by atoms with Crippen LogP contribution in [0.4, 0.5) is 4.79 Å². The number of benzene rings is 3. The Morgan fingerprint density at radius 3 is 2.29 bits per heavy atom. The molecule has 1 aliphatic rings. The van der Waals surface area contributed by atoms with Gasteiger partial charge in [0.2, 0.25) is 0 Å². The van der Waals surface area contributed by atoms with Crippen molar-refractivity contribution in [3.63, 3.8) is 0 Å². The molecule has 154 valence electrons. The molecule has 4 nitrogen and oxygen atoms in total. The zero-order valence-corrected chi connectivity index (χ0v) is 17.4. The molecule has 0 aliphatic heterocycles. The lowest BCUT2D eigenvalue weighted by molar-refractivity contribution is 0.101. The fraction of sp³-hybridized carbons (Fsp3) is 0.185. The Labute approximate surface area is 182 Å². The highest BCUT2D eigenvalue weighted by molar-refractivity contribution is 5.94. The van der Waals surface area contributed by atoms with Gasteiger partial charge in [-0.25, -0.2) is 4.79 Å². The summed E-state index contributed by atoms with van der Waals surface area (Å²) in [6.45, 7) is 2.23. The minimum absolute atomic E-state index is 0.0144. The maximum Gasteiger partial charge on any atom is 0.407 e. The van der Waals surface area contributed by atoms with Gasteiger partial charge in [-0.1, -0.05) is 72.5 Å². The van der Waals surface area contributed by atoms with E-state index in [1.165, 1.54) is 29.2 Å². The highest BCUT2D eigenvalue weighted by Crippen LogP contribution is 2.44. The first-order valence-electron chi connectivity index (χ1n) is 10.3. The first kappa shape index (κ1) is 20.4. The number of ether oxygens (including phenoxy) is 1. The van der Waals surface area contributed by atoms with E-state index >= 15 is 0 Å². The van der Waals surface area contributed by atoms with Gasteiger partial charge in [-0.3, -0.25) is 4.79 Å². The highest BCUT2D eigenvalue weighted by atomic mass is 16.5. The van der Waals surface area contributed by atoms with Crippen LogP contribution in [0, 0.1) is 11.8 Å². The van der Waals surface area contributed by atoms with Gasteiger partial charge in [0.1, 0.15) is 6.61 Å². The van der Waals surface area contributed by atoms with E-state index in [1.54, 1.807) is 12.1 Å². The van der Waals surface area contributed by atoms with E-state index in [4.69, 9.17) is 4.74 Å². The molecule has 0 radical (unpaired) electrons. The van der Waals surface area contributed by atoms with Crippen LogP contribution in [0.3, 0.4) is 0 Å². The Bertz CT molecular complexity index is 1140. The summed E-state index contributed by atoms with van der Waals surface area (Å²) >= 11 is 0. The number of ketones is 1. The maximum absolute atomic E-state index is 12.2. The van der Waals surface area contributed by atoms with E-state index in [2.05, 4.69) is 41.4 Å². The average molecular weight is 409 g/mol. The number of hydrogen-bond donors (Lipinski definition) is 1. The topological polar surface area (TPSA) is 55.4 Å². The van der Waals surface area contributed by atoms with Crippen molar-refractivity contribution >= 4 is 11.9 Å². The largest absolute Gasteiger partial charge is 0.449 e. The molecule has 3 aromatic carbocycles. The van der Waals surface area contributed by atoms with Gasteiger partial charge in [-0.2, -0.15) is 0 Å². The lowest BCUT2D eigenvalue weighted by Gasteiger charge is -2.14. The molecule has 1 amide bonds. The van der Waals surface area contributed by atoms with Gasteiger partial charge < -0.3 is 10.1 Å². The van der Waals surface area contributed by atoms with Gasteiger partial charge in [-0.15, -0.1) is 0 Å². The van der Waals surface area contributed by atoms with Crippen LogP contribution >= 0.6 is 0 Å². The van der Waals surface area contributed by atoms with Crippen LogP contribution in [-0.4, -0.2) is 25.0 Å². The number of fused-ring (bicyclic) bond motifs is 3. The summed E-state index contributed by atoms with van der Waals surface area (Å²) in [5.74, 6) is 6.10. The second kappa shape index (κ2) is 9.32. The zero-order chi connectivity index (χ0) is 21.6. The van der Waals surface area contributed by atoms with Gasteiger partial charge in [0.05, 0.1) is 0 Å². The molecule has 31 heavy (non-hydrogen) atoms. The number of Topliss-reactive ketones (excluding diaryl/α,β-unsaturated/α-hetero) is 1. The summed E-state index contributed by atoms with van der Waals surface area (Å²) in [5, 5.41) is 2.75. The van der Waals surface area contributed by atoms with Crippen LogP contribution in [-0.2, 0) is 4.74 Å².